The molecule has 0 bridgehead atoms. The molecule has 0 radical (unpaired) electrons. The number of carbonyl (C=O) groups is 2. The lowest BCUT2D eigenvalue weighted by Gasteiger charge is -2.15. The summed E-state index contributed by atoms with van der Waals surface area (Å²) in [5, 5.41) is 0. The zero-order valence-corrected chi connectivity index (χ0v) is 12.9. The van der Waals surface area contributed by atoms with Gasteiger partial charge in [-0.3, -0.25) is 20.4 Å². The van der Waals surface area contributed by atoms with Crippen LogP contribution in [0.15, 0.2) is 36.9 Å². The number of nitrogens with one attached hydrogen (secondary N) is 2. The van der Waals surface area contributed by atoms with Crippen LogP contribution in [0.25, 0.3) is 0 Å². The van der Waals surface area contributed by atoms with Gasteiger partial charge in [0.2, 0.25) is 5.91 Å². The highest BCUT2D eigenvalue weighted by atomic mass is 16.5. The summed E-state index contributed by atoms with van der Waals surface area (Å²) < 4.78 is 10.8. The molecule has 0 fully saturated rings. The second-order valence-electron chi connectivity index (χ2n) is 4.53. The first-order valence-electron chi connectivity index (χ1n) is 7.16. The zero-order chi connectivity index (χ0) is 16.4. The molecule has 1 aromatic carbocycles. The van der Waals surface area contributed by atoms with E-state index >= 15 is 0 Å². The fourth-order valence-corrected chi connectivity index (χ4v) is 1.57. The Hall–Kier alpha value is -2.50. The zero-order valence-electron chi connectivity index (χ0n) is 12.9. The van der Waals surface area contributed by atoms with Gasteiger partial charge in [-0.1, -0.05) is 6.08 Å². The van der Waals surface area contributed by atoms with E-state index in [2.05, 4.69) is 17.4 Å². The van der Waals surface area contributed by atoms with Crippen molar-refractivity contribution in [3.05, 3.63) is 36.9 Å². The summed E-state index contributed by atoms with van der Waals surface area (Å²) in [7, 11) is 0. The third-order valence-corrected chi connectivity index (χ3v) is 2.72. The van der Waals surface area contributed by atoms with E-state index in [-0.39, 0.29) is 12.3 Å². The van der Waals surface area contributed by atoms with Gasteiger partial charge in [-0.2, -0.15) is 0 Å². The molecule has 0 saturated heterocycles. The fraction of sp³-hybridized carbons (Fsp3) is 0.375. The maximum atomic E-state index is 11.8. The van der Waals surface area contributed by atoms with E-state index in [1.54, 1.807) is 37.3 Å². The minimum atomic E-state index is -0.738. The molecule has 0 spiro atoms. The van der Waals surface area contributed by atoms with Crippen molar-refractivity contribution in [1.82, 2.24) is 10.9 Å². The molecular weight excluding hydrogens is 284 g/mol. The van der Waals surface area contributed by atoms with Crippen molar-refractivity contribution in [2.45, 2.75) is 32.8 Å². The van der Waals surface area contributed by atoms with Crippen LogP contribution in [0.3, 0.4) is 0 Å². The smallest absolute Gasteiger partial charge is 0.279 e. The number of hydrazine groups is 1. The molecule has 0 aromatic heterocycles. The van der Waals surface area contributed by atoms with Crippen molar-refractivity contribution in [2.24, 2.45) is 0 Å². The van der Waals surface area contributed by atoms with E-state index in [0.29, 0.717) is 18.8 Å². The second-order valence-corrected chi connectivity index (χ2v) is 4.53. The van der Waals surface area contributed by atoms with E-state index in [1.165, 1.54) is 0 Å². The number of hydrogen-bond acceptors (Lipinski definition) is 4. The molecule has 2 N–H and O–H groups in total. The Morgan fingerprint density at radius 3 is 2.45 bits per heavy atom. The van der Waals surface area contributed by atoms with Crippen molar-refractivity contribution in [1.29, 1.82) is 0 Å². The number of carbonyl (C=O) groups excluding carboxylic acids is 2. The minimum Gasteiger partial charge on any atom is -0.494 e. The second kappa shape index (κ2) is 9.44. The molecule has 22 heavy (non-hydrogen) atoms. The van der Waals surface area contributed by atoms with Crippen LogP contribution in [0.5, 0.6) is 11.5 Å². The van der Waals surface area contributed by atoms with Crippen LogP contribution in [0.4, 0.5) is 0 Å². The van der Waals surface area contributed by atoms with Gasteiger partial charge in [0, 0.05) is 6.42 Å². The monoisotopic (exact) mass is 306 g/mol. The summed E-state index contributed by atoms with van der Waals surface area (Å²) in [6.45, 7) is 7.61. The van der Waals surface area contributed by atoms with Gasteiger partial charge in [0.15, 0.2) is 6.10 Å². The highest BCUT2D eigenvalue weighted by molar-refractivity contribution is 5.84. The maximum absolute atomic E-state index is 11.8. The Labute approximate surface area is 130 Å². The maximum Gasteiger partial charge on any atom is 0.279 e. The van der Waals surface area contributed by atoms with Gasteiger partial charge in [-0.15, -0.1) is 6.58 Å². The van der Waals surface area contributed by atoms with Crippen LogP contribution < -0.4 is 20.3 Å². The Morgan fingerprint density at radius 2 is 1.86 bits per heavy atom. The number of ether oxygens (including phenoxy) is 2. The molecule has 6 nitrogen and oxygen atoms in total. The van der Waals surface area contributed by atoms with Crippen LogP contribution >= 0.6 is 0 Å². The first kappa shape index (κ1) is 17.6. The van der Waals surface area contributed by atoms with Crippen LogP contribution in [-0.4, -0.2) is 24.5 Å². The minimum absolute atomic E-state index is 0.276. The number of benzene rings is 1. The SMILES string of the molecule is C=CCCC(=O)NNC(=O)C(C)Oc1ccc(OCC)cc1. The quantitative estimate of drug-likeness (QED) is 0.568. The van der Waals surface area contributed by atoms with Gasteiger partial charge in [0.1, 0.15) is 11.5 Å². The van der Waals surface area contributed by atoms with Crippen molar-refractivity contribution in [3.8, 4) is 11.5 Å². The van der Waals surface area contributed by atoms with E-state index in [0.717, 1.165) is 5.75 Å². The van der Waals surface area contributed by atoms with Crippen molar-refractivity contribution in [3.63, 3.8) is 0 Å². The molecule has 1 aromatic rings. The topological polar surface area (TPSA) is 76.7 Å². The Morgan fingerprint density at radius 1 is 1.23 bits per heavy atom. The number of allylic oxidation sites excluding steroid dienone is 1. The van der Waals surface area contributed by atoms with Crippen LogP contribution in [0.2, 0.25) is 0 Å². The number of rotatable bonds is 8. The number of hydrogen-bond donors (Lipinski definition) is 2. The fourth-order valence-electron chi connectivity index (χ4n) is 1.57. The molecule has 0 aliphatic carbocycles. The molecule has 0 aliphatic heterocycles. The molecule has 2 amide bonds. The van der Waals surface area contributed by atoms with E-state index in [1.807, 2.05) is 6.92 Å². The van der Waals surface area contributed by atoms with E-state index in [9.17, 15) is 9.59 Å². The van der Waals surface area contributed by atoms with Crippen LogP contribution in [0.1, 0.15) is 26.7 Å². The lowest BCUT2D eigenvalue weighted by molar-refractivity contribution is -0.132. The molecule has 0 aliphatic rings. The lowest BCUT2D eigenvalue weighted by atomic mass is 10.3. The summed E-state index contributed by atoms with van der Waals surface area (Å²) in [5.41, 5.74) is 4.64. The van der Waals surface area contributed by atoms with Crippen molar-refractivity contribution >= 4 is 11.8 Å². The molecule has 1 rings (SSSR count). The molecule has 1 atom stereocenters. The third-order valence-electron chi connectivity index (χ3n) is 2.72. The van der Waals surface area contributed by atoms with Gasteiger partial charge in [0.05, 0.1) is 6.61 Å². The largest absolute Gasteiger partial charge is 0.494 e. The first-order valence-corrected chi connectivity index (χ1v) is 7.16. The van der Waals surface area contributed by atoms with Crippen LogP contribution in [-0.2, 0) is 9.59 Å². The summed E-state index contributed by atoms with van der Waals surface area (Å²) in [5.74, 6) is 0.577. The van der Waals surface area contributed by atoms with Gasteiger partial charge in [-0.25, -0.2) is 0 Å². The van der Waals surface area contributed by atoms with Crippen LogP contribution in [0, 0.1) is 0 Å². The molecular formula is C16H22N2O4. The lowest BCUT2D eigenvalue weighted by Crippen LogP contribution is -2.47. The van der Waals surface area contributed by atoms with Crippen molar-refractivity contribution in [2.75, 3.05) is 6.61 Å². The van der Waals surface area contributed by atoms with Gasteiger partial charge in [0.25, 0.3) is 5.91 Å². The normalized spacial score (nSPS) is 11.2. The molecule has 0 saturated carbocycles. The summed E-state index contributed by atoms with van der Waals surface area (Å²) >= 11 is 0. The average molecular weight is 306 g/mol. The molecule has 0 heterocycles. The number of amides is 2. The first-order chi connectivity index (χ1) is 10.6. The van der Waals surface area contributed by atoms with Gasteiger partial charge >= 0.3 is 0 Å². The standard InChI is InChI=1S/C16H22N2O4/c1-4-6-7-15(19)17-18-16(20)12(3)22-14-10-8-13(9-11-14)21-5-2/h4,8-12H,1,5-7H2,2-3H3,(H,17,19)(H,18,20). The Balaban J connectivity index is 2.40. The summed E-state index contributed by atoms with van der Waals surface area (Å²) in [6.07, 6.45) is 1.73. The Kier molecular flexibility index (Phi) is 7.53. The molecule has 6 heteroatoms. The average Bonchev–Trinajstić information content (AvgIpc) is 2.52. The summed E-state index contributed by atoms with van der Waals surface area (Å²) in [6, 6.07) is 6.97. The van der Waals surface area contributed by atoms with E-state index in [4.69, 9.17) is 9.47 Å². The highest BCUT2D eigenvalue weighted by Crippen LogP contribution is 2.18. The highest BCUT2D eigenvalue weighted by Gasteiger charge is 2.15. The molecule has 1 unspecified atom stereocenters. The predicted molar refractivity (Wildman–Crippen MR) is 83.4 cm³/mol. The Bertz CT molecular complexity index is 499. The van der Waals surface area contributed by atoms with Gasteiger partial charge in [-0.05, 0) is 44.5 Å². The third kappa shape index (κ3) is 6.30. The summed E-state index contributed by atoms with van der Waals surface area (Å²) in [4.78, 5) is 23.2. The predicted octanol–water partition coefficient (Wildman–Crippen LogP) is 1.97. The van der Waals surface area contributed by atoms with Gasteiger partial charge < -0.3 is 9.47 Å². The molecule has 120 valence electrons. The van der Waals surface area contributed by atoms with E-state index < -0.39 is 12.0 Å². The van der Waals surface area contributed by atoms with Crippen molar-refractivity contribution < 1.29 is 19.1 Å².